The molecular weight excluding hydrogens is 586 g/mol. The van der Waals surface area contributed by atoms with Gasteiger partial charge in [0.2, 0.25) is 0 Å². The van der Waals surface area contributed by atoms with Gasteiger partial charge in [-0.15, -0.1) is 0 Å². The molecule has 0 spiro atoms. The lowest BCUT2D eigenvalue weighted by atomic mass is 9.88. The molecule has 1 saturated carbocycles. The first kappa shape index (κ1) is 30.1. The van der Waals surface area contributed by atoms with Crippen molar-refractivity contribution in [1.29, 1.82) is 0 Å². The van der Waals surface area contributed by atoms with E-state index in [4.69, 9.17) is 0 Å². The number of benzene rings is 2. The zero-order valence-electron chi connectivity index (χ0n) is 18.6. The van der Waals surface area contributed by atoms with Crippen molar-refractivity contribution < 1.29 is 64.9 Å². The highest BCUT2D eigenvalue weighted by molar-refractivity contribution is 7.92. The molecule has 1 aliphatic rings. The van der Waals surface area contributed by atoms with Gasteiger partial charge in [0.25, 0.3) is 0 Å². The Hall–Kier alpha value is -2.40. The van der Waals surface area contributed by atoms with Crippen molar-refractivity contribution in [1.82, 2.24) is 0 Å². The number of halogens is 10. The lowest BCUT2D eigenvalue weighted by molar-refractivity contribution is -0.365. The summed E-state index contributed by atoms with van der Waals surface area (Å²) >= 11 is 0. The molecule has 0 bridgehead atoms. The summed E-state index contributed by atoms with van der Waals surface area (Å²) in [6, 6.07) is 4.59. The zero-order chi connectivity index (χ0) is 29.0. The van der Waals surface area contributed by atoms with Crippen molar-refractivity contribution in [2.24, 2.45) is 0 Å². The fourth-order valence-corrected chi connectivity index (χ4v) is 7.28. The molecule has 0 radical (unpaired) electrons. The van der Waals surface area contributed by atoms with Crippen LogP contribution in [0.3, 0.4) is 0 Å². The first-order valence-electron chi connectivity index (χ1n) is 10.4. The fraction of sp³-hybridized carbons (Fsp3) is 0.429. The van der Waals surface area contributed by atoms with Crippen LogP contribution in [0.15, 0.2) is 53.4 Å². The summed E-state index contributed by atoms with van der Waals surface area (Å²) in [5.74, 6) is -0.779. The maximum atomic E-state index is 13.8. The van der Waals surface area contributed by atoms with Crippen molar-refractivity contribution in [3.8, 4) is 0 Å². The van der Waals surface area contributed by atoms with Crippen molar-refractivity contribution in [3.63, 3.8) is 0 Å². The molecule has 0 amide bonds. The summed E-state index contributed by atoms with van der Waals surface area (Å²) < 4.78 is 185. The molecule has 5 nitrogen and oxygen atoms in total. The molecule has 3 rings (SSSR count). The third-order valence-corrected chi connectivity index (χ3v) is 9.79. The van der Waals surface area contributed by atoms with E-state index in [2.05, 4.69) is 4.18 Å². The quantitative estimate of drug-likeness (QED) is 0.169. The minimum absolute atomic E-state index is 0.0163. The molecule has 0 unspecified atom stereocenters. The molecule has 0 saturated heterocycles. The van der Waals surface area contributed by atoms with Gasteiger partial charge in [0.1, 0.15) is 10.6 Å². The topological polar surface area (TPSA) is 77.5 Å². The van der Waals surface area contributed by atoms with Crippen LogP contribution in [0.1, 0.15) is 36.8 Å². The fourth-order valence-electron chi connectivity index (χ4n) is 4.35. The second kappa shape index (κ2) is 9.36. The predicted octanol–water partition coefficient (Wildman–Crippen LogP) is 6.26. The van der Waals surface area contributed by atoms with Crippen LogP contribution in [0.4, 0.5) is 43.9 Å². The Bertz CT molecular complexity index is 1360. The lowest BCUT2D eigenvalue weighted by Crippen LogP contribution is -2.58. The molecule has 212 valence electrons. The number of hydrogen-bond donors (Lipinski definition) is 0. The normalized spacial score (nSPS) is 17.5. The van der Waals surface area contributed by atoms with E-state index in [1.807, 2.05) is 0 Å². The van der Waals surface area contributed by atoms with Gasteiger partial charge in [-0.3, -0.25) is 0 Å². The highest BCUT2D eigenvalue weighted by Gasteiger charge is 2.77. The highest BCUT2D eigenvalue weighted by Crippen LogP contribution is 2.56. The van der Waals surface area contributed by atoms with Crippen molar-refractivity contribution >= 4 is 20.0 Å². The Morgan fingerprint density at radius 3 is 1.53 bits per heavy atom. The SMILES string of the molecule is O=S(=O)(OC(c1ccc(C2(S(=O)(=O)c3ccc(F)cc3)CCCC2)cc1)(C(F)(F)F)C(F)(F)F)C(F)(F)F. The molecule has 0 aromatic heterocycles. The average Bonchev–Trinajstić information content (AvgIpc) is 3.27. The van der Waals surface area contributed by atoms with E-state index in [-0.39, 0.29) is 48.3 Å². The van der Waals surface area contributed by atoms with Gasteiger partial charge in [0.15, 0.2) is 9.84 Å². The summed E-state index contributed by atoms with van der Waals surface area (Å²) in [4.78, 5) is -0.385. The van der Waals surface area contributed by atoms with E-state index in [1.165, 1.54) is 0 Å². The van der Waals surface area contributed by atoms with Gasteiger partial charge in [-0.1, -0.05) is 37.1 Å². The Balaban J connectivity index is 2.22. The van der Waals surface area contributed by atoms with Crippen LogP contribution in [0.25, 0.3) is 0 Å². The molecule has 1 fully saturated rings. The number of alkyl halides is 9. The van der Waals surface area contributed by atoms with Crippen LogP contribution in [-0.4, -0.2) is 34.7 Å². The summed E-state index contributed by atoms with van der Waals surface area (Å²) in [5, 5.41) is 0. The molecule has 17 heteroatoms. The van der Waals surface area contributed by atoms with Crippen LogP contribution in [0.2, 0.25) is 0 Å². The molecule has 1 aliphatic carbocycles. The van der Waals surface area contributed by atoms with E-state index in [0.29, 0.717) is 12.1 Å². The Morgan fingerprint density at radius 2 is 1.13 bits per heavy atom. The summed E-state index contributed by atoms with van der Waals surface area (Å²) in [6.45, 7) is 0. The third-order valence-electron chi connectivity index (χ3n) is 6.18. The minimum Gasteiger partial charge on any atom is -0.232 e. The number of rotatable bonds is 6. The maximum absolute atomic E-state index is 13.8. The maximum Gasteiger partial charge on any atom is 0.523 e. The van der Waals surface area contributed by atoms with Crippen LogP contribution >= 0.6 is 0 Å². The first-order valence-corrected chi connectivity index (χ1v) is 13.3. The molecule has 2 aromatic rings. The predicted molar refractivity (Wildman–Crippen MR) is 110 cm³/mol. The molecule has 0 heterocycles. The summed E-state index contributed by atoms with van der Waals surface area (Å²) in [5.41, 5.74) is -15.0. The van der Waals surface area contributed by atoms with Gasteiger partial charge in [0.05, 0.1) is 4.90 Å². The third kappa shape index (κ3) is 4.76. The Kier molecular flexibility index (Phi) is 7.43. The lowest BCUT2D eigenvalue weighted by Gasteiger charge is -2.37. The second-order valence-electron chi connectivity index (χ2n) is 8.40. The molecular formula is C21H16F10O5S2. The molecule has 38 heavy (non-hydrogen) atoms. The Labute approximate surface area is 209 Å². The van der Waals surface area contributed by atoms with E-state index >= 15 is 0 Å². The van der Waals surface area contributed by atoms with Crippen molar-refractivity contribution in [3.05, 3.63) is 65.5 Å². The Morgan fingerprint density at radius 1 is 0.684 bits per heavy atom. The smallest absolute Gasteiger partial charge is 0.232 e. The van der Waals surface area contributed by atoms with Crippen LogP contribution in [0.5, 0.6) is 0 Å². The number of sulfone groups is 1. The van der Waals surface area contributed by atoms with Gasteiger partial charge in [-0.05, 0) is 42.7 Å². The van der Waals surface area contributed by atoms with Gasteiger partial charge in [-0.25, -0.2) is 17.0 Å². The average molecular weight is 602 g/mol. The zero-order valence-corrected chi connectivity index (χ0v) is 20.2. The standard InChI is InChI=1S/C21H16F10O5S2/c22-15-7-9-16(10-8-15)37(32,33)17(11-1-2-12-17)13-3-5-14(6-4-13)18(19(23,24)25,20(26,27)28)36-38(34,35)21(29,30)31/h3-10H,1-2,11-12H2. The van der Waals surface area contributed by atoms with Gasteiger partial charge >= 0.3 is 33.6 Å². The van der Waals surface area contributed by atoms with Gasteiger partial charge < -0.3 is 0 Å². The van der Waals surface area contributed by atoms with Crippen LogP contribution in [-0.2, 0) is 34.5 Å². The van der Waals surface area contributed by atoms with Crippen molar-refractivity contribution in [2.45, 2.75) is 58.8 Å². The largest absolute Gasteiger partial charge is 0.523 e. The molecule has 0 N–H and O–H groups in total. The van der Waals surface area contributed by atoms with E-state index in [0.717, 1.165) is 24.3 Å². The molecule has 2 aromatic carbocycles. The first-order chi connectivity index (χ1) is 17.1. The van der Waals surface area contributed by atoms with Crippen LogP contribution < -0.4 is 0 Å². The highest BCUT2D eigenvalue weighted by atomic mass is 32.2. The molecule has 0 atom stereocenters. The van der Waals surface area contributed by atoms with E-state index in [9.17, 15) is 60.7 Å². The monoisotopic (exact) mass is 602 g/mol. The van der Waals surface area contributed by atoms with Gasteiger partial charge in [-0.2, -0.15) is 47.9 Å². The minimum atomic E-state index is -7.44. The van der Waals surface area contributed by atoms with Crippen molar-refractivity contribution in [2.75, 3.05) is 0 Å². The van der Waals surface area contributed by atoms with Crippen LogP contribution in [0, 0.1) is 5.82 Å². The van der Waals surface area contributed by atoms with E-state index in [1.54, 1.807) is 0 Å². The summed E-state index contributed by atoms with van der Waals surface area (Å²) in [7, 11) is -11.8. The van der Waals surface area contributed by atoms with Gasteiger partial charge in [0, 0.05) is 5.56 Å². The van der Waals surface area contributed by atoms with E-state index < -0.39 is 59.5 Å². The molecule has 0 aliphatic heterocycles. The second-order valence-corrected chi connectivity index (χ2v) is 12.2. The summed E-state index contributed by atoms with van der Waals surface area (Å²) in [6.07, 6.45) is -13.2. The number of hydrogen-bond acceptors (Lipinski definition) is 5.